The molecule has 1 N–H and O–H groups in total. The molecule has 4 rings (SSSR count). The highest BCUT2D eigenvalue weighted by Gasteiger charge is 2.11. The van der Waals surface area contributed by atoms with Crippen LogP contribution < -0.4 is 9.47 Å². The van der Waals surface area contributed by atoms with Gasteiger partial charge in [0.15, 0.2) is 0 Å². The molecule has 0 spiro atoms. The third-order valence-corrected chi connectivity index (χ3v) is 4.55. The highest BCUT2D eigenvalue weighted by Crippen LogP contribution is 2.26. The van der Waals surface area contributed by atoms with Crippen LogP contribution >= 0.6 is 11.6 Å². The second-order valence-corrected chi connectivity index (χ2v) is 6.71. The molecule has 0 amide bonds. The molecule has 29 heavy (non-hydrogen) atoms. The lowest BCUT2D eigenvalue weighted by Crippen LogP contribution is -2.04. The Kier molecular flexibility index (Phi) is 5.05. The van der Waals surface area contributed by atoms with Crippen LogP contribution in [0.2, 0.25) is 5.02 Å². The van der Waals surface area contributed by atoms with E-state index in [1.807, 2.05) is 23.7 Å². The number of fused-ring (bicyclic) bond motifs is 1. The Bertz CT molecular complexity index is 1210. The Labute approximate surface area is 171 Å². The van der Waals surface area contributed by atoms with E-state index in [1.54, 1.807) is 36.5 Å². The molecule has 0 atom stereocenters. The molecule has 2 aromatic carbocycles. The number of rotatable bonds is 6. The monoisotopic (exact) mass is 409 g/mol. The minimum atomic E-state index is -1.00. The number of hydrogen-bond acceptors (Lipinski definition) is 5. The minimum Gasteiger partial charge on any atom is -0.486 e. The van der Waals surface area contributed by atoms with Crippen molar-refractivity contribution < 1.29 is 19.4 Å². The number of nitrogens with zero attached hydrogens (tertiary/aromatic N) is 3. The number of carboxylic acid groups (broad SMARTS) is 1. The molecular formula is C21H16ClN3O4. The van der Waals surface area contributed by atoms with Gasteiger partial charge in [-0.3, -0.25) is 0 Å². The van der Waals surface area contributed by atoms with Gasteiger partial charge in [-0.2, -0.15) is 0 Å². The van der Waals surface area contributed by atoms with Crippen LogP contribution in [0.1, 0.15) is 16.2 Å². The Balaban J connectivity index is 1.54. The van der Waals surface area contributed by atoms with E-state index in [-0.39, 0.29) is 12.2 Å². The largest absolute Gasteiger partial charge is 0.486 e. The van der Waals surface area contributed by atoms with Gasteiger partial charge in [0.05, 0.1) is 16.6 Å². The van der Waals surface area contributed by atoms with Gasteiger partial charge in [0.1, 0.15) is 23.9 Å². The van der Waals surface area contributed by atoms with Gasteiger partial charge in [0.25, 0.3) is 0 Å². The smallest absolute Gasteiger partial charge is 0.335 e. The molecule has 0 unspecified atom stereocenters. The van der Waals surface area contributed by atoms with Crippen molar-refractivity contribution in [1.29, 1.82) is 0 Å². The second-order valence-electron chi connectivity index (χ2n) is 6.27. The summed E-state index contributed by atoms with van der Waals surface area (Å²) in [5, 5.41) is 9.63. The fourth-order valence-electron chi connectivity index (χ4n) is 2.84. The summed E-state index contributed by atoms with van der Waals surface area (Å²) in [6.45, 7) is 0.195. The van der Waals surface area contributed by atoms with Gasteiger partial charge in [-0.05, 0) is 36.4 Å². The average molecular weight is 410 g/mol. The van der Waals surface area contributed by atoms with Gasteiger partial charge in [-0.15, -0.1) is 0 Å². The molecular weight excluding hydrogens is 394 g/mol. The Morgan fingerprint density at radius 1 is 1.14 bits per heavy atom. The van der Waals surface area contributed by atoms with Crippen molar-refractivity contribution >= 4 is 28.6 Å². The third-order valence-electron chi connectivity index (χ3n) is 4.31. The van der Waals surface area contributed by atoms with Crippen LogP contribution in [0.5, 0.6) is 17.4 Å². The molecule has 0 aliphatic rings. The summed E-state index contributed by atoms with van der Waals surface area (Å²) in [5.74, 6) is 1.17. The number of benzene rings is 2. The molecule has 0 aliphatic heterocycles. The van der Waals surface area contributed by atoms with Gasteiger partial charge < -0.3 is 19.1 Å². The number of ether oxygens (including phenoxy) is 2. The zero-order valence-corrected chi connectivity index (χ0v) is 16.1. The van der Waals surface area contributed by atoms with E-state index in [4.69, 9.17) is 26.2 Å². The van der Waals surface area contributed by atoms with E-state index in [2.05, 4.69) is 9.97 Å². The van der Waals surface area contributed by atoms with Crippen molar-refractivity contribution in [1.82, 2.24) is 14.5 Å². The number of carbonyl (C=O) groups is 1. The van der Waals surface area contributed by atoms with Crippen LogP contribution in [-0.4, -0.2) is 25.6 Å². The number of halogens is 1. The van der Waals surface area contributed by atoms with Crippen molar-refractivity contribution in [2.75, 3.05) is 0 Å². The van der Waals surface area contributed by atoms with Gasteiger partial charge in [-0.1, -0.05) is 17.7 Å². The van der Waals surface area contributed by atoms with E-state index >= 15 is 0 Å². The lowest BCUT2D eigenvalue weighted by Gasteiger charge is -2.07. The first kappa shape index (κ1) is 18.8. The Morgan fingerprint density at radius 3 is 2.79 bits per heavy atom. The summed E-state index contributed by atoms with van der Waals surface area (Å²) >= 11 is 5.97. The molecule has 4 aromatic rings. The fraction of sp³-hybridized carbons (Fsp3) is 0.0952. The summed E-state index contributed by atoms with van der Waals surface area (Å²) in [6, 6.07) is 15.2. The van der Waals surface area contributed by atoms with Crippen LogP contribution in [0.3, 0.4) is 0 Å². The van der Waals surface area contributed by atoms with Crippen molar-refractivity contribution in [3.8, 4) is 17.4 Å². The normalized spacial score (nSPS) is 10.8. The van der Waals surface area contributed by atoms with Crippen molar-refractivity contribution in [3.05, 3.63) is 77.2 Å². The second kappa shape index (κ2) is 7.81. The predicted octanol–water partition coefficient (Wildman–Crippen LogP) is 4.69. The molecule has 0 fully saturated rings. The highest BCUT2D eigenvalue weighted by atomic mass is 35.5. The maximum absolute atomic E-state index is 11.1. The third kappa shape index (κ3) is 4.14. The number of carboxylic acids is 1. The van der Waals surface area contributed by atoms with E-state index in [1.165, 1.54) is 12.1 Å². The maximum atomic E-state index is 11.1. The molecule has 8 heteroatoms. The Morgan fingerprint density at radius 2 is 2.00 bits per heavy atom. The predicted molar refractivity (Wildman–Crippen MR) is 108 cm³/mol. The molecule has 0 bridgehead atoms. The van der Waals surface area contributed by atoms with Crippen LogP contribution in [0.15, 0.2) is 60.8 Å². The fourth-order valence-corrected chi connectivity index (χ4v) is 2.99. The Hall–Kier alpha value is -3.58. The average Bonchev–Trinajstić information content (AvgIpc) is 3.02. The SMILES string of the molecule is Cn1c(COc2cccc(C(=O)O)c2)nc2ccc(Oc3cc(Cl)ccn3)cc21. The molecule has 146 valence electrons. The first-order valence-corrected chi connectivity index (χ1v) is 9.08. The molecule has 0 radical (unpaired) electrons. The molecule has 2 aromatic heterocycles. The van der Waals surface area contributed by atoms with E-state index in [0.29, 0.717) is 28.2 Å². The van der Waals surface area contributed by atoms with Crippen molar-refractivity contribution in [2.45, 2.75) is 6.61 Å². The van der Waals surface area contributed by atoms with Gasteiger partial charge >= 0.3 is 5.97 Å². The maximum Gasteiger partial charge on any atom is 0.335 e. The first-order valence-electron chi connectivity index (χ1n) is 8.70. The summed E-state index contributed by atoms with van der Waals surface area (Å²) in [5.41, 5.74) is 1.82. The van der Waals surface area contributed by atoms with Crippen molar-refractivity contribution in [3.63, 3.8) is 0 Å². The van der Waals surface area contributed by atoms with Crippen LogP contribution in [0.4, 0.5) is 0 Å². The summed E-state index contributed by atoms with van der Waals surface area (Å²) in [7, 11) is 1.88. The molecule has 0 saturated carbocycles. The van der Waals surface area contributed by atoms with Crippen LogP contribution in [0.25, 0.3) is 11.0 Å². The van der Waals surface area contributed by atoms with Crippen molar-refractivity contribution in [2.24, 2.45) is 7.05 Å². The zero-order chi connectivity index (χ0) is 20.4. The van der Waals surface area contributed by atoms with E-state index in [0.717, 1.165) is 11.0 Å². The summed E-state index contributed by atoms with van der Waals surface area (Å²) < 4.78 is 13.4. The molecule has 2 heterocycles. The number of aromatic nitrogens is 3. The quantitative estimate of drug-likeness (QED) is 0.497. The van der Waals surface area contributed by atoms with E-state index < -0.39 is 5.97 Å². The molecule has 0 saturated heterocycles. The molecule has 0 aliphatic carbocycles. The lowest BCUT2D eigenvalue weighted by molar-refractivity contribution is 0.0696. The van der Waals surface area contributed by atoms with Gasteiger partial charge in [-0.25, -0.2) is 14.8 Å². The highest BCUT2D eigenvalue weighted by molar-refractivity contribution is 6.30. The summed E-state index contributed by atoms with van der Waals surface area (Å²) in [6.07, 6.45) is 1.58. The van der Waals surface area contributed by atoms with Gasteiger partial charge in [0, 0.05) is 30.4 Å². The standard InChI is InChI=1S/C21H16ClN3O4/c1-25-18-11-16(29-20-10-14(22)7-8-23-20)5-6-17(18)24-19(25)12-28-15-4-2-3-13(9-15)21(26)27/h2-11H,12H2,1H3,(H,26,27). The number of imidazole rings is 1. The lowest BCUT2D eigenvalue weighted by atomic mass is 10.2. The van der Waals surface area contributed by atoms with Crippen LogP contribution in [0, 0.1) is 0 Å². The van der Waals surface area contributed by atoms with Crippen LogP contribution in [-0.2, 0) is 13.7 Å². The topological polar surface area (TPSA) is 86.5 Å². The zero-order valence-electron chi connectivity index (χ0n) is 15.4. The first-order chi connectivity index (χ1) is 14.0. The number of aryl methyl sites for hydroxylation is 1. The molecule has 7 nitrogen and oxygen atoms in total. The number of pyridine rings is 1. The van der Waals surface area contributed by atoms with Gasteiger partial charge in [0.2, 0.25) is 5.88 Å². The summed E-state index contributed by atoms with van der Waals surface area (Å²) in [4.78, 5) is 19.8. The number of hydrogen-bond donors (Lipinski definition) is 1. The number of aromatic carboxylic acids is 1. The van der Waals surface area contributed by atoms with E-state index in [9.17, 15) is 4.79 Å². The minimum absolute atomic E-state index is 0.170.